The van der Waals surface area contributed by atoms with Gasteiger partial charge in [0.05, 0.1) is 6.61 Å². The molecule has 0 amide bonds. The van der Waals surface area contributed by atoms with Gasteiger partial charge in [0.25, 0.3) is 0 Å². The Morgan fingerprint density at radius 2 is 2.00 bits per heavy atom. The highest BCUT2D eigenvalue weighted by atomic mass is 32.1. The molecule has 1 aromatic rings. The van der Waals surface area contributed by atoms with Crippen molar-refractivity contribution in [1.82, 2.24) is 5.32 Å². The third-order valence-electron chi connectivity index (χ3n) is 2.92. The number of nitrogens with one attached hydrogen (secondary N) is 1. The van der Waals surface area contributed by atoms with E-state index in [1.807, 2.05) is 11.3 Å². The summed E-state index contributed by atoms with van der Waals surface area (Å²) in [6.45, 7) is 8.81. The molecule has 0 aliphatic rings. The Kier molecular flexibility index (Phi) is 5.46. The van der Waals surface area contributed by atoms with Gasteiger partial charge in [-0.1, -0.05) is 20.8 Å². The average molecular weight is 241 g/mol. The zero-order chi connectivity index (χ0) is 12.1. The Labute approximate surface area is 103 Å². The molecule has 3 heteroatoms. The zero-order valence-corrected chi connectivity index (χ0v) is 11.5. The van der Waals surface area contributed by atoms with Crippen LogP contribution in [0.2, 0.25) is 0 Å². The van der Waals surface area contributed by atoms with Gasteiger partial charge in [0, 0.05) is 21.8 Å². The van der Waals surface area contributed by atoms with Crippen LogP contribution >= 0.6 is 11.3 Å². The standard InChI is InChI=1S/C13H23NOS/c1-5-11-6-7-13(16-11)10(4)14-12(8-15)9(2)3/h6-7,9-10,12,14-15H,5,8H2,1-4H3/t10?,12-/m1/s1. The lowest BCUT2D eigenvalue weighted by Gasteiger charge is -2.24. The second-order valence-corrected chi connectivity index (χ2v) is 5.78. The van der Waals surface area contributed by atoms with E-state index in [2.05, 4.69) is 45.1 Å². The summed E-state index contributed by atoms with van der Waals surface area (Å²) < 4.78 is 0. The van der Waals surface area contributed by atoms with Gasteiger partial charge in [-0.2, -0.15) is 0 Å². The van der Waals surface area contributed by atoms with Crippen molar-refractivity contribution in [2.24, 2.45) is 5.92 Å². The summed E-state index contributed by atoms with van der Waals surface area (Å²) in [6.07, 6.45) is 1.10. The van der Waals surface area contributed by atoms with Crippen LogP contribution in [0.15, 0.2) is 12.1 Å². The predicted octanol–water partition coefficient (Wildman–Crippen LogP) is 2.98. The van der Waals surface area contributed by atoms with Crippen LogP contribution in [0.3, 0.4) is 0 Å². The largest absolute Gasteiger partial charge is 0.395 e. The third-order valence-corrected chi connectivity index (χ3v) is 4.34. The molecule has 92 valence electrons. The van der Waals surface area contributed by atoms with Crippen molar-refractivity contribution in [3.8, 4) is 0 Å². The number of thiophene rings is 1. The molecule has 16 heavy (non-hydrogen) atoms. The van der Waals surface area contributed by atoms with Crippen molar-refractivity contribution in [2.45, 2.75) is 46.2 Å². The highest BCUT2D eigenvalue weighted by Gasteiger charge is 2.16. The minimum atomic E-state index is 0.183. The highest BCUT2D eigenvalue weighted by molar-refractivity contribution is 7.12. The van der Waals surface area contributed by atoms with Gasteiger partial charge >= 0.3 is 0 Å². The number of aliphatic hydroxyl groups is 1. The van der Waals surface area contributed by atoms with E-state index in [9.17, 15) is 5.11 Å². The molecule has 0 fully saturated rings. The molecule has 0 aliphatic heterocycles. The van der Waals surface area contributed by atoms with E-state index in [0.717, 1.165) is 6.42 Å². The Hall–Kier alpha value is -0.380. The molecular formula is C13H23NOS. The lowest BCUT2D eigenvalue weighted by atomic mass is 10.0. The van der Waals surface area contributed by atoms with Gasteiger partial charge in [-0.05, 0) is 31.4 Å². The van der Waals surface area contributed by atoms with Crippen LogP contribution in [0.5, 0.6) is 0 Å². The molecule has 0 saturated heterocycles. The minimum Gasteiger partial charge on any atom is -0.395 e. The Balaban J connectivity index is 2.60. The summed E-state index contributed by atoms with van der Waals surface area (Å²) in [5.41, 5.74) is 0. The number of hydrogen-bond donors (Lipinski definition) is 2. The number of rotatable bonds is 6. The maximum atomic E-state index is 9.28. The molecular weight excluding hydrogens is 218 g/mol. The fourth-order valence-electron chi connectivity index (χ4n) is 1.68. The van der Waals surface area contributed by atoms with Gasteiger partial charge in [-0.3, -0.25) is 0 Å². The molecule has 2 atom stereocenters. The van der Waals surface area contributed by atoms with Crippen molar-refractivity contribution in [1.29, 1.82) is 0 Å². The summed E-state index contributed by atoms with van der Waals surface area (Å²) in [6, 6.07) is 4.89. The third kappa shape index (κ3) is 3.58. The van der Waals surface area contributed by atoms with Gasteiger partial charge in [0.2, 0.25) is 0 Å². The molecule has 1 unspecified atom stereocenters. The average Bonchev–Trinajstić information content (AvgIpc) is 2.73. The normalized spacial score (nSPS) is 15.4. The molecule has 0 spiro atoms. The van der Waals surface area contributed by atoms with Crippen molar-refractivity contribution in [3.05, 3.63) is 21.9 Å². The Morgan fingerprint density at radius 3 is 2.44 bits per heavy atom. The van der Waals surface area contributed by atoms with Crippen molar-refractivity contribution in [2.75, 3.05) is 6.61 Å². The topological polar surface area (TPSA) is 32.3 Å². The SMILES string of the molecule is CCc1ccc(C(C)N[C@H](CO)C(C)C)s1. The van der Waals surface area contributed by atoms with Crippen LogP contribution in [0.1, 0.15) is 43.5 Å². The van der Waals surface area contributed by atoms with Crippen molar-refractivity contribution in [3.63, 3.8) is 0 Å². The molecule has 1 rings (SSSR count). The Bertz CT molecular complexity index is 309. The monoisotopic (exact) mass is 241 g/mol. The van der Waals surface area contributed by atoms with E-state index in [-0.39, 0.29) is 12.6 Å². The van der Waals surface area contributed by atoms with E-state index in [1.54, 1.807) is 0 Å². The molecule has 0 saturated carbocycles. The number of aryl methyl sites for hydroxylation is 1. The minimum absolute atomic E-state index is 0.183. The highest BCUT2D eigenvalue weighted by Crippen LogP contribution is 2.24. The molecule has 0 aliphatic carbocycles. The summed E-state index contributed by atoms with van der Waals surface area (Å²) in [4.78, 5) is 2.78. The lowest BCUT2D eigenvalue weighted by Crippen LogP contribution is -2.38. The van der Waals surface area contributed by atoms with E-state index in [4.69, 9.17) is 0 Å². The first-order valence-electron chi connectivity index (χ1n) is 6.04. The number of aliphatic hydroxyl groups excluding tert-OH is 1. The smallest absolute Gasteiger partial charge is 0.0587 e. The van der Waals surface area contributed by atoms with E-state index in [1.165, 1.54) is 9.75 Å². The maximum Gasteiger partial charge on any atom is 0.0587 e. The maximum absolute atomic E-state index is 9.28. The van der Waals surface area contributed by atoms with Crippen LogP contribution in [0, 0.1) is 5.92 Å². The van der Waals surface area contributed by atoms with Crippen molar-refractivity contribution < 1.29 is 5.11 Å². The second kappa shape index (κ2) is 6.38. The second-order valence-electron chi connectivity index (χ2n) is 4.58. The van der Waals surface area contributed by atoms with Gasteiger partial charge in [0.1, 0.15) is 0 Å². The molecule has 1 aromatic heterocycles. The fraction of sp³-hybridized carbons (Fsp3) is 0.692. The predicted molar refractivity (Wildman–Crippen MR) is 71.0 cm³/mol. The van der Waals surface area contributed by atoms with Crippen LogP contribution < -0.4 is 5.32 Å². The van der Waals surface area contributed by atoms with E-state index < -0.39 is 0 Å². The summed E-state index contributed by atoms with van der Waals surface area (Å²) in [5, 5.41) is 12.8. The first kappa shape index (κ1) is 13.7. The quantitative estimate of drug-likeness (QED) is 0.802. The fourth-order valence-corrected chi connectivity index (χ4v) is 2.64. The molecule has 0 bridgehead atoms. The first-order chi connectivity index (χ1) is 7.58. The van der Waals surface area contributed by atoms with Crippen LogP contribution in [0.25, 0.3) is 0 Å². The van der Waals surface area contributed by atoms with E-state index in [0.29, 0.717) is 12.0 Å². The van der Waals surface area contributed by atoms with Gasteiger partial charge in [-0.15, -0.1) is 11.3 Å². The molecule has 2 N–H and O–H groups in total. The molecule has 0 aromatic carbocycles. The van der Waals surface area contributed by atoms with Gasteiger partial charge in [0.15, 0.2) is 0 Å². The van der Waals surface area contributed by atoms with E-state index >= 15 is 0 Å². The van der Waals surface area contributed by atoms with Gasteiger partial charge in [-0.25, -0.2) is 0 Å². The van der Waals surface area contributed by atoms with Crippen LogP contribution in [-0.4, -0.2) is 17.8 Å². The number of hydrogen-bond acceptors (Lipinski definition) is 3. The first-order valence-corrected chi connectivity index (χ1v) is 6.85. The zero-order valence-electron chi connectivity index (χ0n) is 10.7. The molecule has 0 radical (unpaired) electrons. The molecule has 2 nitrogen and oxygen atoms in total. The summed E-state index contributed by atoms with van der Waals surface area (Å²) >= 11 is 1.86. The summed E-state index contributed by atoms with van der Waals surface area (Å²) in [7, 11) is 0. The van der Waals surface area contributed by atoms with Gasteiger partial charge < -0.3 is 10.4 Å². The van der Waals surface area contributed by atoms with Crippen molar-refractivity contribution >= 4 is 11.3 Å². The lowest BCUT2D eigenvalue weighted by molar-refractivity contribution is 0.202. The Morgan fingerprint density at radius 1 is 1.31 bits per heavy atom. The summed E-state index contributed by atoms with van der Waals surface area (Å²) in [5.74, 6) is 0.457. The van der Waals surface area contributed by atoms with Crippen LogP contribution in [0.4, 0.5) is 0 Å². The molecule has 1 heterocycles. The van der Waals surface area contributed by atoms with Crippen LogP contribution in [-0.2, 0) is 6.42 Å².